The lowest BCUT2D eigenvalue weighted by atomic mass is 10.1. The van der Waals surface area contributed by atoms with E-state index in [4.69, 9.17) is 11.6 Å². The minimum absolute atomic E-state index is 0. The molecule has 0 aromatic heterocycles. The highest BCUT2D eigenvalue weighted by Crippen LogP contribution is 2.47. The monoisotopic (exact) mass is 465 g/mol. The highest BCUT2D eigenvalue weighted by molar-refractivity contribution is 6.31. The highest BCUT2D eigenvalue weighted by atomic mass is 35.5. The van der Waals surface area contributed by atoms with Crippen LogP contribution in [-0.2, 0) is 11.3 Å². The minimum Gasteiger partial charge on any atom is -0.356 e. The van der Waals surface area contributed by atoms with Gasteiger partial charge < -0.3 is 10.2 Å². The predicted octanol–water partition coefficient (Wildman–Crippen LogP) is 4.33. The molecule has 1 saturated heterocycles. The van der Waals surface area contributed by atoms with Crippen molar-refractivity contribution in [3.8, 4) is 0 Å². The number of hydrogen-bond acceptors (Lipinski definition) is 3. The summed E-state index contributed by atoms with van der Waals surface area (Å²) in [6.07, 6.45) is 1.91. The first-order valence-corrected chi connectivity index (χ1v) is 11.2. The van der Waals surface area contributed by atoms with Crippen molar-refractivity contribution in [2.75, 3.05) is 39.3 Å². The minimum atomic E-state index is -0.231. The van der Waals surface area contributed by atoms with E-state index in [-0.39, 0.29) is 30.0 Å². The average Bonchev–Trinajstić information content (AvgIpc) is 3.57. The molecule has 1 aliphatic carbocycles. The second-order valence-corrected chi connectivity index (χ2v) is 8.73. The van der Waals surface area contributed by atoms with Crippen molar-refractivity contribution in [2.45, 2.75) is 25.3 Å². The third-order valence-electron chi connectivity index (χ3n) is 6.21. The first-order valence-electron chi connectivity index (χ1n) is 10.8. The fourth-order valence-electron chi connectivity index (χ4n) is 4.28. The van der Waals surface area contributed by atoms with Crippen molar-refractivity contribution < 1.29 is 9.18 Å². The van der Waals surface area contributed by atoms with E-state index in [1.54, 1.807) is 12.1 Å². The van der Waals surface area contributed by atoms with Gasteiger partial charge in [0, 0.05) is 55.8 Å². The van der Waals surface area contributed by atoms with Gasteiger partial charge in [-0.05, 0) is 43.0 Å². The molecule has 1 saturated carbocycles. The topological polar surface area (TPSA) is 35.6 Å². The maximum atomic E-state index is 14.0. The third-order valence-corrected chi connectivity index (χ3v) is 6.57. The maximum Gasteiger partial charge on any atom is 0.223 e. The van der Waals surface area contributed by atoms with Gasteiger partial charge in [0.05, 0.1) is 0 Å². The smallest absolute Gasteiger partial charge is 0.223 e. The molecular weight excluding hydrogens is 436 g/mol. The largest absolute Gasteiger partial charge is 0.356 e. The van der Waals surface area contributed by atoms with E-state index < -0.39 is 0 Å². The van der Waals surface area contributed by atoms with E-state index in [0.29, 0.717) is 23.0 Å². The molecule has 2 aromatic rings. The Kier molecular flexibility index (Phi) is 8.73. The summed E-state index contributed by atoms with van der Waals surface area (Å²) in [4.78, 5) is 17.0. The summed E-state index contributed by atoms with van der Waals surface area (Å²) < 4.78 is 14.0. The van der Waals surface area contributed by atoms with Crippen molar-refractivity contribution in [3.05, 3.63) is 70.5 Å². The number of carbonyl (C=O) groups excluding carboxylic acids is 1. The molecule has 0 unspecified atom stereocenters. The normalized spacial score (nSPS) is 21.4. The number of hydrogen-bond donors (Lipinski definition) is 1. The molecule has 2 fully saturated rings. The average molecular weight is 466 g/mol. The van der Waals surface area contributed by atoms with Crippen LogP contribution in [0.1, 0.15) is 29.9 Å². The van der Waals surface area contributed by atoms with Gasteiger partial charge in [-0.2, -0.15) is 0 Å². The van der Waals surface area contributed by atoms with Gasteiger partial charge in [-0.25, -0.2) is 4.39 Å². The molecule has 1 heterocycles. The molecule has 0 spiro atoms. The molecule has 4 nitrogen and oxygen atoms in total. The summed E-state index contributed by atoms with van der Waals surface area (Å²) in [5, 5.41) is 3.60. The van der Waals surface area contributed by atoms with Gasteiger partial charge in [0.2, 0.25) is 5.91 Å². The van der Waals surface area contributed by atoms with Crippen molar-refractivity contribution in [1.82, 2.24) is 15.1 Å². The van der Waals surface area contributed by atoms with Crippen molar-refractivity contribution in [3.63, 3.8) is 0 Å². The molecule has 2 aliphatic rings. The van der Waals surface area contributed by atoms with Crippen LogP contribution < -0.4 is 5.32 Å². The van der Waals surface area contributed by atoms with Gasteiger partial charge >= 0.3 is 0 Å². The van der Waals surface area contributed by atoms with Gasteiger partial charge in [-0.15, -0.1) is 12.4 Å². The standard InChI is InChI=1S/C24H29ClFN3O.ClH/c25-22-8-4-9-23(26)21(22)17-29-14-12-28(13-15-29)11-5-10-27-24(30)20-16-19(20)18-6-2-1-3-7-18;/h1-4,6-9,19-20H,5,10-17H2,(H,27,30);1H/t19-,20+;/m0./s1. The molecule has 0 bridgehead atoms. The molecule has 7 heteroatoms. The maximum absolute atomic E-state index is 14.0. The fourth-order valence-corrected chi connectivity index (χ4v) is 4.50. The predicted molar refractivity (Wildman–Crippen MR) is 125 cm³/mol. The lowest BCUT2D eigenvalue weighted by Gasteiger charge is -2.34. The van der Waals surface area contributed by atoms with Crippen LogP contribution in [0, 0.1) is 11.7 Å². The third kappa shape index (κ3) is 6.42. The van der Waals surface area contributed by atoms with Gasteiger partial charge in [0.15, 0.2) is 0 Å². The zero-order chi connectivity index (χ0) is 20.9. The van der Waals surface area contributed by atoms with Gasteiger partial charge in [0.25, 0.3) is 0 Å². The van der Waals surface area contributed by atoms with Crippen LogP contribution in [0.5, 0.6) is 0 Å². The Morgan fingerprint density at radius 2 is 1.74 bits per heavy atom. The summed E-state index contributed by atoms with van der Waals surface area (Å²) in [5.74, 6) is 0.490. The Hall–Kier alpha value is -1.66. The lowest BCUT2D eigenvalue weighted by Crippen LogP contribution is -2.46. The van der Waals surface area contributed by atoms with E-state index in [0.717, 1.165) is 52.1 Å². The van der Waals surface area contributed by atoms with E-state index >= 15 is 0 Å². The second kappa shape index (κ2) is 11.3. The van der Waals surface area contributed by atoms with Crippen LogP contribution >= 0.6 is 24.0 Å². The van der Waals surface area contributed by atoms with E-state index in [1.165, 1.54) is 11.6 Å². The first kappa shape index (κ1) is 24.0. The Morgan fingerprint density at radius 3 is 2.45 bits per heavy atom. The Bertz CT molecular complexity index is 839. The lowest BCUT2D eigenvalue weighted by molar-refractivity contribution is -0.122. The molecule has 31 heavy (non-hydrogen) atoms. The number of carbonyl (C=O) groups is 1. The highest BCUT2D eigenvalue weighted by Gasteiger charge is 2.43. The van der Waals surface area contributed by atoms with E-state index in [2.05, 4.69) is 27.2 Å². The number of benzene rings is 2. The molecule has 0 radical (unpaired) electrons. The van der Waals surface area contributed by atoms with Crippen LogP contribution in [0.2, 0.25) is 5.02 Å². The Morgan fingerprint density at radius 1 is 1.03 bits per heavy atom. The van der Waals surface area contributed by atoms with Crippen LogP contribution in [0.3, 0.4) is 0 Å². The van der Waals surface area contributed by atoms with Crippen LogP contribution in [0.15, 0.2) is 48.5 Å². The van der Waals surface area contributed by atoms with Gasteiger partial charge in [-0.3, -0.25) is 9.69 Å². The fraction of sp³-hybridized carbons (Fsp3) is 0.458. The number of rotatable bonds is 8. The number of halogens is 3. The Labute approximate surface area is 195 Å². The van der Waals surface area contributed by atoms with Crippen LogP contribution in [0.4, 0.5) is 4.39 Å². The molecule has 2 aromatic carbocycles. The number of piperazine rings is 1. The van der Waals surface area contributed by atoms with E-state index in [9.17, 15) is 9.18 Å². The number of nitrogens with one attached hydrogen (secondary N) is 1. The number of amides is 1. The summed E-state index contributed by atoms with van der Waals surface area (Å²) in [7, 11) is 0. The zero-order valence-electron chi connectivity index (χ0n) is 17.6. The van der Waals surface area contributed by atoms with Gasteiger partial charge in [0.1, 0.15) is 5.82 Å². The van der Waals surface area contributed by atoms with Gasteiger partial charge in [-0.1, -0.05) is 48.0 Å². The molecule has 2 atom stereocenters. The molecule has 4 rings (SSSR count). The molecule has 168 valence electrons. The van der Waals surface area contributed by atoms with Crippen molar-refractivity contribution in [2.24, 2.45) is 5.92 Å². The summed E-state index contributed by atoms with van der Waals surface area (Å²) in [6, 6.07) is 15.2. The number of nitrogens with zero attached hydrogens (tertiary/aromatic N) is 2. The van der Waals surface area contributed by atoms with Crippen molar-refractivity contribution >= 4 is 29.9 Å². The van der Waals surface area contributed by atoms with E-state index in [1.807, 2.05) is 18.2 Å². The zero-order valence-corrected chi connectivity index (χ0v) is 19.2. The molecule has 1 N–H and O–H groups in total. The molecule has 1 aliphatic heterocycles. The quantitative estimate of drug-likeness (QED) is 0.589. The summed E-state index contributed by atoms with van der Waals surface area (Å²) in [5.41, 5.74) is 1.86. The van der Waals surface area contributed by atoms with Crippen molar-refractivity contribution in [1.29, 1.82) is 0 Å². The van der Waals surface area contributed by atoms with Crippen LogP contribution in [0.25, 0.3) is 0 Å². The molecular formula is C24H30Cl2FN3O. The van der Waals surface area contributed by atoms with Crippen LogP contribution in [-0.4, -0.2) is 55.0 Å². The molecule has 1 amide bonds. The second-order valence-electron chi connectivity index (χ2n) is 8.32. The summed E-state index contributed by atoms with van der Waals surface area (Å²) >= 11 is 6.15. The Balaban J connectivity index is 0.00000272. The SMILES string of the molecule is Cl.O=C(NCCCN1CCN(Cc2c(F)cccc2Cl)CC1)[C@@H]1C[C@H]1c1ccccc1. The first-order chi connectivity index (χ1) is 14.6. The summed E-state index contributed by atoms with van der Waals surface area (Å²) in [6.45, 7) is 5.97.